The normalized spacial score (nSPS) is 11.2. The Hall–Kier alpha value is -3.54. The van der Waals surface area contributed by atoms with E-state index >= 15 is 0 Å². The molecule has 1 amide bonds. The Balaban J connectivity index is 1.47. The van der Waals surface area contributed by atoms with Crippen LogP contribution in [0.5, 0.6) is 0 Å². The Kier molecular flexibility index (Phi) is 6.14. The zero-order valence-corrected chi connectivity index (χ0v) is 20.3. The number of halogens is 1. The van der Waals surface area contributed by atoms with Crippen molar-refractivity contribution < 1.29 is 4.79 Å². The number of nitrogens with zero attached hydrogens (tertiary/aromatic N) is 2. The quantitative estimate of drug-likeness (QED) is 0.275. The van der Waals surface area contributed by atoms with E-state index in [-0.39, 0.29) is 5.91 Å². The molecule has 5 rings (SSSR count). The maximum atomic E-state index is 13.4. The van der Waals surface area contributed by atoms with Crippen LogP contribution < -0.4 is 5.32 Å². The van der Waals surface area contributed by atoms with Crippen molar-refractivity contribution in [2.45, 2.75) is 19.8 Å². The second kappa shape index (κ2) is 9.37. The van der Waals surface area contributed by atoms with Crippen LogP contribution in [-0.4, -0.2) is 15.9 Å². The van der Waals surface area contributed by atoms with E-state index in [2.05, 4.69) is 48.4 Å². The number of nitrogens with one attached hydrogen (secondary N) is 1. The number of fused-ring (bicyclic) bond motifs is 1. The van der Waals surface area contributed by atoms with E-state index in [0.29, 0.717) is 27.3 Å². The Bertz CT molecular complexity index is 1490. The summed E-state index contributed by atoms with van der Waals surface area (Å²) in [4.78, 5) is 22.7. The van der Waals surface area contributed by atoms with Crippen LogP contribution >= 0.6 is 22.9 Å². The molecule has 0 spiro atoms. The zero-order chi connectivity index (χ0) is 23.7. The monoisotopic (exact) mass is 483 g/mol. The molecule has 0 radical (unpaired) electrons. The molecule has 2 heterocycles. The summed E-state index contributed by atoms with van der Waals surface area (Å²) < 4.78 is 0. The van der Waals surface area contributed by atoms with Crippen LogP contribution in [0, 0.1) is 0 Å². The molecule has 2 aromatic heterocycles. The van der Waals surface area contributed by atoms with Gasteiger partial charge >= 0.3 is 0 Å². The van der Waals surface area contributed by atoms with Crippen molar-refractivity contribution in [2.24, 2.45) is 0 Å². The van der Waals surface area contributed by atoms with Crippen molar-refractivity contribution in [3.8, 4) is 22.5 Å². The number of rotatable bonds is 5. The molecular formula is C28H22ClN3OS. The fourth-order valence-electron chi connectivity index (χ4n) is 3.84. The molecule has 1 N–H and O–H groups in total. The first-order chi connectivity index (χ1) is 16.5. The van der Waals surface area contributed by atoms with Gasteiger partial charge in [0.25, 0.3) is 5.91 Å². The zero-order valence-electron chi connectivity index (χ0n) is 18.7. The third kappa shape index (κ3) is 4.45. The second-order valence-corrected chi connectivity index (χ2v) is 9.59. The van der Waals surface area contributed by atoms with E-state index in [4.69, 9.17) is 16.6 Å². The van der Waals surface area contributed by atoms with Crippen LogP contribution in [0.3, 0.4) is 0 Å². The maximum absolute atomic E-state index is 13.4. The van der Waals surface area contributed by atoms with Crippen LogP contribution in [0.2, 0.25) is 5.02 Å². The summed E-state index contributed by atoms with van der Waals surface area (Å²) in [6, 6.07) is 25.3. The van der Waals surface area contributed by atoms with Gasteiger partial charge in [0.1, 0.15) is 0 Å². The number of benzene rings is 3. The molecule has 0 aliphatic rings. The van der Waals surface area contributed by atoms with Gasteiger partial charge in [-0.1, -0.05) is 86.1 Å². The number of para-hydroxylation sites is 1. The van der Waals surface area contributed by atoms with Crippen LogP contribution in [-0.2, 0) is 0 Å². The standard InChI is InChI=1S/C28H22ClN3OS/c1-17(2)18-11-13-19(14-12-18)26-16-34-28(31-26)32-27(33)22-15-25(21-8-3-5-9-23(21)29)30-24-10-6-4-7-20(22)24/h3-17H,1-2H3,(H,31,32,33). The van der Waals surface area contributed by atoms with Gasteiger partial charge in [0.2, 0.25) is 0 Å². The molecule has 0 aliphatic heterocycles. The molecule has 0 aliphatic carbocycles. The van der Waals surface area contributed by atoms with Gasteiger partial charge in [-0.25, -0.2) is 9.97 Å². The predicted octanol–water partition coefficient (Wildman–Crippen LogP) is 8.05. The summed E-state index contributed by atoms with van der Waals surface area (Å²) in [7, 11) is 0. The molecule has 4 nitrogen and oxygen atoms in total. The number of anilines is 1. The minimum atomic E-state index is -0.233. The Labute approximate surface area is 207 Å². The molecule has 0 saturated carbocycles. The number of pyridine rings is 1. The number of carbonyl (C=O) groups excluding carboxylic acids is 1. The lowest BCUT2D eigenvalue weighted by atomic mass is 10.0. The van der Waals surface area contributed by atoms with Gasteiger partial charge in [-0.3, -0.25) is 10.1 Å². The van der Waals surface area contributed by atoms with Gasteiger partial charge in [-0.15, -0.1) is 11.3 Å². The number of amides is 1. The van der Waals surface area contributed by atoms with Crippen LogP contribution in [0.4, 0.5) is 5.13 Å². The molecule has 0 atom stereocenters. The molecule has 0 fully saturated rings. The van der Waals surface area contributed by atoms with E-state index in [9.17, 15) is 4.79 Å². The molecule has 0 bridgehead atoms. The fourth-order valence-corrected chi connectivity index (χ4v) is 4.78. The number of hydrogen-bond donors (Lipinski definition) is 1. The smallest absolute Gasteiger partial charge is 0.258 e. The third-order valence-electron chi connectivity index (χ3n) is 5.71. The van der Waals surface area contributed by atoms with Crippen molar-refractivity contribution in [2.75, 3.05) is 5.32 Å². The van der Waals surface area contributed by atoms with Gasteiger partial charge in [0.05, 0.1) is 22.5 Å². The van der Waals surface area contributed by atoms with Gasteiger partial charge in [0.15, 0.2) is 5.13 Å². The van der Waals surface area contributed by atoms with E-state index < -0.39 is 0 Å². The Morgan fingerprint density at radius 1 is 0.912 bits per heavy atom. The Morgan fingerprint density at radius 2 is 1.65 bits per heavy atom. The number of thiazole rings is 1. The summed E-state index contributed by atoms with van der Waals surface area (Å²) >= 11 is 7.82. The average Bonchev–Trinajstić information content (AvgIpc) is 3.32. The van der Waals surface area contributed by atoms with Crippen molar-refractivity contribution >= 4 is 44.9 Å². The first kappa shape index (κ1) is 22.3. The van der Waals surface area contributed by atoms with Crippen molar-refractivity contribution in [3.63, 3.8) is 0 Å². The summed E-state index contributed by atoms with van der Waals surface area (Å²) in [5.41, 5.74) is 5.84. The predicted molar refractivity (Wildman–Crippen MR) is 142 cm³/mol. The third-order valence-corrected chi connectivity index (χ3v) is 6.80. The van der Waals surface area contributed by atoms with Gasteiger partial charge in [-0.05, 0) is 29.7 Å². The largest absolute Gasteiger partial charge is 0.298 e. The van der Waals surface area contributed by atoms with Crippen molar-refractivity contribution in [1.82, 2.24) is 9.97 Å². The average molecular weight is 484 g/mol. The minimum Gasteiger partial charge on any atom is -0.298 e. The lowest BCUT2D eigenvalue weighted by molar-refractivity contribution is 0.102. The summed E-state index contributed by atoms with van der Waals surface area (Å²) in [5, 5.41) is 6.84. The van der Waals surface area contributed by atoms with Gasteiger partial charge in [0, 0.05) is 26.9 Å². The summed E-state index contributed by atoms with van der Waals surface area (Å²) in [6.45, 7) is 4.34. The van der Waals surface area contributed by atoms with Crippen LogP contribution in [0.15, 0.2) is 84.2 Å². The first-order valence-corrected chi connectivity index (χ1v) is 12.3. The lowest BCUT2D eigenvalue weighted by Crippen LogP contribution is -2.13. The highest BCUT2D eigenvalue weighted by Crippen LogP contribution is 2.31. The maximum Gasteiger partial charge on any atom is 0.258 e. The van der Waals surface area contributed by atoms with Crippen molar-refractivity contribution in [3.05, 3.63) is 100 Å². The highest BCUT2D eigenvalue weighted by atomic mass is 35.5. The highest BCUT2D eigenvalue weighted by Gasteiger charge is 2.17. The van der Waals surface area contributed by atoms with E-state index in [1.54, 1.807) is 6.07 Å². The minimum absolute atomic E-state index is 0.233. The number of carbonyl (C=O) groups is 1. The molecule has 5 aromatic rings. The number of aromatic nitrogens is 2. The SMILES string of the molecule is CC(C)c1ccc(-c2csc(NC(=O)c3cc(-c4ccccc4Cl)nc4ccccc34)n2)cc1. The first-order valence-electron chi connectivity index (χ1n) is 11.0. The summed E-state index contributed by atoms with van der Waals surface area (Å²) in [6.07, 6.45) is 0. The molecule has 0 unspecified atom stereocenters. The highest BCUT2D eigenvalue weighted by molar-refractivity contribution is 7.14. The molecule has 34 heavy (non-hydrogen) atoms. The van der Waals surface area contributed by atoms with E-state index in [1.807, 2.05) is 53.9 Å². The Morgan fingerprint density at radius 3 is 2.41 bits per heavy atom. The lowest BCUT2D eigenvalue weighted by Gasteiger charge is -2.10. The molecular weight excluding hydrogens is 462 g/mol. The summed E-state index contributed by atoms with van der Waals surface area (Å²) in [5.74, 6) is 0.244. The van der Waals surface area contributed by atoms with Gasteiger partial charge in [-0.2, -0.15) is 0 Å². The molecule has 6 heteroatoms. The molecule has 3 aromatic carbocycles. The topological polar surface area (TPSA) is 54.9 Å². The number of hydrogen-bond acceptors (Lipinski definition) is 4. The molecule has 0 saturated heterocycles. The van der Waals surface area contributed by atoms with Crippen molar-refractivity contribution in [1.29, 1.82) is 0 Å². The molecule has 168 valence electrons. The van der Waals surface area contributed by atoms with Gasteiger partial charge < -0.3 is 0 Å². The van der Waals surface area contributed by atoms with E-state index in [1.165, 1.54) is 16.9 Å². The van der Waals surface area contributed by atoms with E-state index in [0.717, 1.165) is 27.7 Å². The van der Waals surface area contributed by atoms with Crippen LogP contribution in [0.25, 0.3) is 33.4 Å². The van der Waals surface area contributed by atoms with Crippen LogP contribution in [0.1, 0.15) is 35.7 Å². The fraction of sp³-hybridized carbons (Fsp3) is 0.107. The second-order valence-electron chi connectivity index (χ2n) is 8.32.